The molecule has 1 N–H and O–H groups in total. The fraction of sp³-hybridized carbons (Fsp3) is 0.389. The number of rotatable bonds is 8. The summed E-state index contributed by atoms with van der Waals surface area (Å²) in [7, 11) is 1.26. The smallest absolute Gasteiger partial charge is 0.331 e. The van der Waals surface area contributed by atoms with E-state index in [-0.39, 0.29) is 5.92 Å². The van der Waals surface area contributed by atoms with E-state index in [0.29, 0.717) is 11.4 Å². The van der Waals surface area contributed by atoms with Crippen LogP contribution >= 0.6 is 11.6 Å². The number of carbonyl (C=O) groups excluding carboxylic acids is 3. The molecule has 1 rings (SSSR count). The number of benzene rings is 1. The molecule has 1 amide bonds. The summed E-state index contributed by atoms with van der Waals surface area (Å²) < 4.78 is 9.54. The number of methoxy groups -OCH3 is 1. The van der Waals surface area contributed by atoms with Crippen molar-refractivity contribution in [3.8, 4) is 0 Å². The lowest BCUT2D eigenvalue weighted by Crippen LogP contribution is -2.47. The zero-order valence-corrected chi connectivity index (χ0v) is 15.2. The topological polar surface area (TPSA) is 81.7 Å². The number of carbonyl (C=O) groups is 3. The van der Waals surface area contributed by atoms with Gasteiger partial charge in [-0.05, 0) is 29.7 Å². The first-order valence-electron chi connectivity index (χ1n) is 7.85. The number of halogens is 1. The molecule has 0 aliphatic heterocycles. The van der Waals surface area contributed by atoms with E-state index in [1.165, 1.54) is 13.2 Å². The Balaban J connectivity index is 2.50. The molecule has 6 nitrogen and oxygen atoms in total. The molecule has 0 aliphatic carbocycles. The van der Waals surface area contributed by atoms with Crippen LogP contribution in [0.5, 0.6) is 0 Å². The lowest BCUT2D eigenvalue weighted by atomic mass is 9.99. The van der Waals surface area contributed by atoms with E-state index >= 15 is 0 Å². The van der Waals surface area contributed by atoms with Crippen molar-refractivity contribution in [3.05, 3.63) is 40.9 Å². The van der Waals surface area contributed by atoms with Gasteiger partial charge in [0.2, 0.25) is 0 Å². The first kappa shape index (κ1) is 20.7. The Kier molecular flexibility index (Phi) is 8.70. The van der Waals surface area contributed by atoms with E-state index in [0.717, 1.165) is 5.56 Å². The monoisotopic (exact) mass is 367 g/mol. The van der Waals surface area contributed by atoms with Crippen molar-refractivity contribution in [2.45, 2.75) is 26.3 Å². The maximum Gasteiger partial charge on any atom is 0.331 e. The Morgan fingerprint density at radius 3 is 2.44 bits per heavy atom. The van der Waals surface area contributed by atoms with Gasteiger partial charge in [-0.25, -0.2) is 9.59 Å². The number of hydrogen-bond acceptors (Lipinski definition) is 5. The van der Waals surface area contributed by atoms with Crippen LogP contribution in [0.15, 0.2) is 30.3 Å². The lowest BCUT2D eigenvalue weighted by Gasteiger charge is -2.21. The minimum absolute atomic E-state index is 0.100. The van der Waals surface area contributed by atoms with Crippen LogP contribution in [0.4, 0.5) is 0 Å². The fourth-order valence-corrected chi connectivity index (χ4v) is 2.06. The highest BCUT2D eigenvalue weighted by atomic mass is 35.5. The zero-order chi connectivity index (χ0) is 18.8. The Hall–Kier alpha value is -2.34. The molecule has 7 heteroatoms. The quantitative estimate of drug-likeness (QED) is 0.564. The normalized spacial score (nSPS) is 13.1. The van der Waals surface area contributed by atoms with Crippen molar-refractivity contribution in [2.75, 3.05) is 13.7 Å². The average Bonchev–Trinajstić information content (AvgIpc) is 2.62. The molecular weight excluding hydrogens is 346 g/mol. The van der Waals surface area contributed by atoms with Gasteiger partial charge in [0.05, 0.1) is 7.11 Å². The number of hydrogen-bond donors (Lipinski definition) is 1. The van der Waals surface area contributed by atoms with Crippen molar-refractivity contribution in [3.63, 3.8) is 0 Å². The average molecular weight is 368 g/mol. The van der Waals surface area contributed by atoms with Crippen molar-refractivity contribution >= 4 is 35.5 Å². The van der Waals surface area contributed by atoms with Crippen LogP contribution < -0.4 is 5.32 Å². The highest BCUT2D eigenvalue weighted by Gasteiger charge is 2.26. The number of amides is 1. The summed E-state index contributed by atoms with van der Waals surface area (Å²) in [6.07, 6.45) is 3.44. The van der Waals surface area contributed by atoms with Crippen LogP contribution in [-0.2, 0) is 23.9 Å². The molecule has 0 heterocycles. The minimum atomic E-state index is -0.772. The summed E-state index contributed by atoms with van der Waals surface area (Å²) in [5.74, 6) is -1.86. The number of esters is 2. The van der Waals surface area contributed by atoms with Crippen molar-refractivity contribution in [2.24, 2.45) is 5.92 Å². The van der Waals surface area contributed by atoms with Crippen LogP contribution in [0, 0.1) is 5.92 Å². The van der Waals surface area contributed by atoms with Gasteiger partial charge in [0.15, 0.2) is 6.61 Å². The highest BCUT2D eigenvalue weighted by molar-refractivity contribution is 6.30. The molecule has 136 valence electrons. The third-order valence-corrected chi connectivity index (χ3v) is 3.86. The van der Waals surface area contributed by atoms with Gasteiger partial charge in [-0.3, -0.25) is 4.79 Å². The van der Waals surface area contributed by atoms with Crippen molar-refractivity contribution in [1.29, 1.82) is 0 Å². The van der Waals surface area contributed by atoms with Gasteiger partial charge in [-0.1, -0.05) is 44.0 Å². The summed E-state index contributed by atoms with van der Waals surface area (Å²) in [5.41, 5.74) is 0.772. The van der Waals surface area contributed by atoms with Gasteiger partial charge in [-0.15, -0.1) is 0 Å². The molecule has 25 heavy (non-hydrogen) atoms. The SMILES string of the molecule is CC[C@@H](C)[C@@H](NC(=O)COC(=O)/C=C/c1ccc(Cl)cc1)C(=O)OC. The highest BCUT2D eigenvalue weighted by Crippen LogP contribution is 2.11. The molecule has 0 spiro atoms. The third kappa shape index (κ3) is 7.39. The van der Waals surface area contributed by atoms with Gasteiger partial charge in [-0.2, -0.15) is 0 Å². The van der Waals surface area contributed by atoms with Crippen LogP contribution in [0.1, 0.15) is 25.8 Å². The number of nitrogens with one attached hydrogen (secondary N) is 1. The Bertz CT molecular complexity index is 627. The fourth-order valence-electron chi connectivity index (χ4n) is 1.93. The number of ether oxygens (including phenoxy) is 2. The second-order valence-electron chi connectivity index (χ2n) is 5.45. The van der Waals surface area contributed by atoms with E-state index < -0.39 is 30.5 Å². The summed E-state index contributed by atoms with van der Waals surface area (Å²) in [6, 6.07) is 6.10. The summed E-state index contributed by atoms with van der Waals surface area (Å²) in [4.78, 5) is 35.2. The summed E-state index contributed by atoms with van der Waals surface area (Å²) in [6.45, 7) is 3.24. The predicted octanol–water partition coefficient (Wildman–Crippen LogP) is 2.60. The van der Waals surface area contributed by atoms with E-state index in [2.05, 4.69) is 10.1 Å². The molecule has 0 aliphatic rings. The van der Waals surface area contributed by atoms with Gasteiger partial charge in [0.25, 0.3) is 5.91 Å². The van der Waals surface area contributed by atoms with Crippen molar-refractivity contribution in [1.82, 2.24) is 5.32 Å². The molecule has 0 bridgehead atoms. The lowest BCUT2D eigenvalue weighted by molar-refractivity contribution is -0.148. The van der Waals surface area contributed by atoms with Gasteiger partial charge >= 0.3 is 11.9 Å². The molecule has 1 aromatic carbocycles. The van der Waals surface area contributed by atoms with Crippen LogP contribution in [0.25, 0.3) is 6.08 Å². The molecule has 0 fully saturated rings. The molecule has 0 saturated carbocycles. The van der Waals surface area contributed by atoms with Gasteiger partial charge < -0.3 is 14.8 Å². The predicted molar refractivity (Wildman–Crippen MR) is 94.8 cm³/mol. The molecule has 0 saturated heterocycles. The van der Waals surface area contributed by atoms with Crippen LogP contribution in [0.2, 0.25) is 5.02 Å². The molecule has 2 atom stereocenters. The minimum Gasteiger partial charge on any atom is -0.467 e. The summed E-state index contributed by atoms with van der Waals surface area (Å²) >= 11 is 5.77. The first-order chi connectivity index (χ1) is 11.9. The third-order valence-electron chi connectivity index (χ3n) is 3.61. The first-order valence-corrected chi connectivity index (χ1v) is 8.22. The van der Waals surface area contributed by atoms with E-state index in [9.17, 15) is 14.4 Å². The maximum absolute atomic E-state index is 11.9. The standard InChI is InChI=1S/C18H22ClNO5/c1-4-12(2)17(18(23)24-3)20-15(21)11-25-16(22)10-7-13-5-8-14(19)9-6-13/h5-10,12,17H,4,11H2,1-3H3,(H,20,21)/b10-7+/t12-,17-/m1/s1. The molecule has 0 aromatic heterocycles. The summed E-state index contributed by atoms with van der Waals surface area (Å²) in [5, 5.41) is 3.12. The Morgan fingerprint density at radius 1 is 1.24 bits per heavy atom. The molecule has 0 unspecified atom stereocenters. The van der Waals surface area contributed by atoms with Gasteiger partial charge in [0.1, 0.15) is 6.04 Å². The van der Waals surface area contributed by atoms with E-state index in [4.69, 9.17) is 16.3 Å². The molecule has 0 radical (unpaired) electrons. The van der Waals surface area contributed by atoms with Crippen LogP contribution in [0.3, 0.4) is 0 Å². The zero-order valence-electron chi connectivity index (χ0n) is 14.5. The molecule has 1 aromatic rings. The Morgan fingerprint density at radius 2 is 1.88 bits per heavy atom. The van der Waals surface area contributed by atoms with E-state index in [1.54, 1.807) is 30.3 Å². The molecular formula is C18H22ClNO5. The maximum atomic E-state index is 11.9. The van der Waals surface area contributed by atoms with Crippen molar-refractivity contribution < 1.29 is 23.9 Å². The second kappa shape index (κ2) is 10.5. The van der Waals surface area contributed by atoms with E-state index in [1.807, 2.05) is 13.8 Å². The largest absolute Gasteiger partial charge is 0.467 e. The van der Waals surface area contributed by atoms with Gasteiger partial charge in [0, 0.05) is 11.1 Å². The van der Waals surface area contributed by atoms with Crippen LogP contribution in [-0.4, -0.2) is 37.6 Å². The second-order valence-corrected chi connectivity index (χ2v) is 5.88. The Labute approximate surface area is 152 Å².